The van der Waals surface area contributed by atoms with Gasteiger partial charge in [-0.3, -0.25) is 0 Å². The highest BCUT2D eigenvalue weighted by Crippen LogP contribution is 2.16. The van der Waals surface area contributed by atoms with Crippen LogP contribution in [0.4, 0.5) is 0 Å². The van der Waals surface area contributed by atoms with Crippen LogP contribution in [-0.4, -0.2) is 19.7 Å². The van der Waals surface area contributed by atoms with Crippen LogP contribution in [0, 0.1) is 0 Å². The normalized spacial score (nSPS) is 10.4. The van der Waals surface area contributed by atoms with Crippen LogP contribution in [-0.2, 0) is 9.47 Å². The Morgan fingerprint density at radius 3 is 2.50 bits per heavy atom. The van der Waals surface area contributed by atoms with Crippen molar-refractivity contribution in [2.75, 3.05) is 13.2 Å². The molecule has 1 rings (SSSR count). The van der Waals surface area contributed by atoms with Crippen LogP contribution in [0.5, 0.6) is 5.75 Å². The van der Waals surface area contributed by atoms with E-state index in [1.54, 1.807) is 6.08 Å². The lowest BCUT2D eigenvalue weighted by molar-refractivity contribution is -0.242. The smallest absolute Gasteiger partial charge is 0.315 e. The quantitative estimate of drug-likeness (QED) is 0.663. The maximum atomic E-state index is 5.55. The highest BCUT2D eigenvalue weighted by molar-refractivity contribution is 5.49. The molecule has 0 unspecified atom stereocenters. The van der Waals surface area contributed by atoms with Crippen molar-refractivity contribution in [2.24, 2.45) is 0 Å². The fraction of sp³-hybridized carbons (Fsp3) is 0.385. The molecular weight excluding hydrogens is 204 g/mol. The number of hydrogen-bond acceptors (Lipinski definition) is 3. The molecule has 0 heterocycles. The summed E-state index contributed by atoms with van der Waals surface area (Å²) in [6, 6.07) is 7.60. The number of ether oxygens (including phenoxy) is 3. The predicted octanol–water partition coefficient (Wildman–Crippen LogP) is 3.07. The molecule has 0 saturated carbocycles. The molecule has 0 atom stereocenters. The van der Waals surface area contributed by atoms with E-state index < -0.39 is 6.48 Å². The van der Waals surface area contributed by atoms with Crippen molar-refractivity contribution in [3.05, 3.63) is 36.4 Å². The zero-order valence-corrected chi connectivity index (χ0v) is 9.81. The molecule has 0 N–H and O–H groups in total. The van der Waals surface area contributed by atoms with Crippen LogP contribution >= 0.6 is 0 Å². The molecule has 0 aromatic heterocycles. The number of benzene rings is 1. The van der Waals surface area contributed by atoms with Crippen molar-refractivity contribution in [3.63, 3.8) is 0 Å². The third-order valence-electron chi connectivity index (χ3n) is 1.93. The molecule has 0 spiro atoms. The highest BCUT2D eigenvalue weighted by atomic mass is 16.8. The van der Waals surface area contributed by atoms with Crippen LogP contribution in [0.25, 0.3) is 6.08 Å². The molecule has 16 heavy (non-hydrogen) atoms. The Morgan fingerprint density at radius 1 is 1.25 bits per heavy atom. The SMILES string of the molecule is C=Cc1cccc(OC(OCC)OCC)c1. The van der Waals surface area contributed by atoms with Gasteiger partial charge >= 0.3 is 6.48 Å². The van der Waals surface area contributed by atoms with Gasteiger partial charge in [0, 0.05) is 0 Å². The van der Waals surface area contributed by atoms with E-state index in [1.165, 1.54) is 0 Å². The predicted molar refractivity (Wildman–Crippen MR) is 64.2 cm³/mol. The van der Waals surface area contributed by atoms with E-state index in [2.05, 4.69) is 6.58 Å². The third kappa shape index (κ3) is 4.04. The van der Waals surface area contributed by atoms with Gasteiger partial charge in [-0.1, -0.05) is 24.8 Å². The van der Waals surface area contributed by atoms with Gasteiger partial charge in [-0.25, -0.2) is 0 Å². The minimum absolute atomic E-state index is 0.547. The van der Waals surface area contributed by atoms with E-state index in [1.807, 2.05) is 38.1 Å². The topological polar surface area (TPSA) is 27.7 Å². The average molecular weight is 222 g/mol. The lowest BCUT2D eigenvalue weighted by atomic mass is 10.2. The second-order valence-corrected chi connectivity index (χ2v) is 3.09. The van der Waals surface area contributed by atoms with Crippen LogP contribution in [0.3, 0.4) is 0 Å². The lowest BCUT2D eigenvalue weighted by Gasteiger charge is -2.18. The van der Waals surface area contributed by atoms with E-state index in [0.717, 1.165) is 5.56 Å². The van der Waals surface area contributed by atoms with Gasteiger partial charge in [0.1, 0.15) is 5.75 Å². The van der Waals surface area contributed by atoms with Crippen LogP contribution in [0.2, 0.25) is 0 Å². The second-order valence-electron chi connectivity index (χ2n) is 3.09. The first-order valence-corrected chi connectivity index (χ1v) is 5.42. The maximum Gasteiger partial charge on any atom is 0.315 e. The Morgan fingerprint density at radius 2 is 1.94 bits per heavy atom. The number of hydrogen-bond donors (Lipinski definition) is 0. The summed E-state index contributed by atoms with van der Waals surface area (Å²) in [4.78, 5) is 0. The molecule has 0 bridgehead atoms. The molecule has 3 nitrogen and oxygen atoms in total. The van der Waals surface area contributed by atoms with Gasteiger partial charge in [-0.2, -0.15) is 0 Å². The summed E-state index contributed by atoms with van der Waals surface area (Å²) in [7, 11) is 0. The van der Waals surface area contributed by atoms with Gasteiger partial charge in [-0.15, -0.1) is 0 Å². The summed E-state index contributed by atoms with van der Waals surface area (Å²) in [6.45, 7) is 7.95. The fourth-order valence-corrected chi connectivity index (χ4v) is 1.21. The van der Waals surface area contributed by atoms with E-state index in [9.17, 15) is 0 Å². The second kappa shape index (κ2) is 7.04. The van der Waals surface area contributed by atoms with Crippen molar-refractivity contribution in [2.45, 2.75) is 20.3 Å². The van der Waals surface area contributed by atoms with Crippen molar-refractivity contribution in [1.29, 1.82) is 0 Å². The third-order valence-corrected chi connectivity index (χ3v) is 1.93. The Balaban J connectivity index is 2.64. The standard InChI is InChI=1S/C13H18O3/c1-4-11-8-7-9-12(10-11)16-13(14-5-2)15-6-3/h4,7-10,13H,1,5-6H2,2-3H3. The molecule has 0 aliphatic heterocycles. The zero-order valence-electron chi connectivity index (χ0n) is 9.81. The first-order valence-electron chi connectivity index (χ1n) is 5.42. The summed E-state index contributed by atoms with van der Waals surface area (Å²) in [5, 5.41) is 0. The molecule has 3 heteroatoms. The Bertz CT molecular complexity index is 317. The Kier molecular flexibility index (Phi) is 5.61. The summed E-state index contributed by atoms with van der Waals surface area (Å²) >= 11 is 0. The molecule has 0 amide bonds. The average Bonchev–Trinajstić information content (AvgIpc) is 2.30. The van der Waals surface area contributed by atoms with Gasteiger partial charge in [0.25, 0.3) is 0 Å². The zero-order chi connectivity index (χ0) is 11.8. The van der Waals surface area contributed by atoms with Gasteiger partial charge in [0.05, 0.1) is 13.2 Å². The van der Waals surface area contributed by atoms with Crippen LogP contribution in [0.1, 0.15) is 19.4 Å². The van der Waals surface area contributed by atoms with Gasteiger partial charge < -0.3 is 14.2 Å². The molecule has 0 aliphatic carbocycles. The van der Waals surface area contributed by atoms with Gasteiger partial charge in [0.15, 0.2) is 0 Å². The van der Waals surface area contributed by atoms with Crippen LogP contribution in [0.15, 0.2) is 30.8 Å². The molecule has 1 aromatic carbocycles. The van der Waals surface area contributed by atoms with Crippen LogP contribution < -0.4 is 4.74 Å². The van der Waals surface area contributed by atoms with Gasteiger partial charge in [-0.05, 0) is 31.5 Å². The van der Waals surface area contributed by atoms with Crippen molar-refractivity contribution >= 4 is 6.08 Å². The largest absolute Gasteiger partial charge is 0.441 e. The van der Waals surface area contributed by atoms with Crippen molar-refractivity contribution < 1.29 is 14.2 Å². The highest BCUT2D eigenvalue weighted by Gasteiger charge is 2.09. The number of rotatable bonds is 7. The van der Waals surface area contributed by atoms with Crippen molar-refractivity contribution in [3.8, 4) is 5.75 Å². The minimum atomic E-state index is -0.643. The van der Waals surface area contributed by atoms with Crippen molar-refractivity contribution in [1.82, 2.24) is 0 Å². The first kappa shape index (κ1) is 12.7. The first-order chi connectivity index (χ1) is 7.80. The summed E-state index contributed by atoms with van der Waals surface area (Å²) in [5.41, 5.74) is 1.00. The molecular formula is C13H18O3. The van der Waals surface area contributed by atoms with E-state index in [4.69, 9.17) is 14.2 Å². The minimum Gasteiger partial charge on any atom is -0.441 e. The summed E-state index contributed by atoms with van der Waals surface area (Å²) < 4.78 is 16.1. The molecule has 0 saturated heterocycles. The maximum absolute atomic E-state index is 5.55. The molecule has 1 aromatic rings. The Labute approximate surface area is 96.6 Å². The molecule has 88 valence electrons. The van der Waals surface area contributed by atoms with Gasteiger partial charge in [0.2, 0.25) is 0 Å². The van der Waals surface area contributed by atoms with E-state index in [-0.39, 0.29) is 0 Å². The fourth-order valence-electron chi connectivity index (χ4n) is 1.21. The van der Waals surface area contributed by atoms with E-state index in [0.29, 0.717) is 19.0 Å². The molecule has 0 aliphatic rings. The summed E-state index contributed by atoms with van der Waals surface area (Å²) in [6.07, 6.45) is 1.77. The Hall–Kier alpha value is -1.32. The molecule has 0 fully saturated rings. The lowest BCUT2D eigenvalue weighted by Crippen LogP contribution is -2.24. The monoisotopic (exact) mass is 222 g/mol. The summed E-state index contributed by atoms with van der Waals surface area (Å²) in [5.74, 6) is 0.712. The molecule has 0 radical (unpaired) electrons. The van der Waals surface area contributed by atoms with E-state index >= 15 is 0 Å².